The summed E-state index contributed by atoms with van der Waals surface area (Å²) in [4.78, 5) is 18.4. The second kappa shape index (κ2) is 4.93. The van der Waals surface area contributed by atoms with Crippen LogP contribution in [-0.2, 0) is 11.0 Å². The smallest absolute Gasteiger partial charge is 0.321 e. The van der Waals surface area contributed by atoms with Crippen molar-refractivity contribution in [3.8, 4) is 0 Å². The molecule has 3 nitrogen and oxygen atoms in total. The van der Waals surface area contributed by atoms with E-state index >= 15 is 0 Å². The molecular formula is C11H17O3P. The lowest BCUT2D eigenvalue weighted by atomic mass is 10.0. The van der Waals surface area contributed by atoms with Crippen molar-refractivity contribution in [2.45, 2.75) is 33.1 Å². The summed E-state index contributed by atoms with van der Waals surface area (Å²) in [6, 6.07) is 5.11. The number of unbranched alkanes of at least 4 members (excludes halogenated alkanes) is 1. The third-order valence-corrected chi connectivity index (χ3v) is 3.53. The molecule has 0 radical (unpaired) electrons. The van der Waals surface area contributed by atoms with Crippen LogP contribution < -0.4 is 5.30 Å². The zero-order chi connectivity index (χ0) is 11.5. The highest BCUT2D eigenvalue weighted by Gasteiger charge is 2.21. The van der Waals surface area contributed by atoms with Crippen LogP contribution in [0.15, 0.2) is 18.2 Å². The fourth-order valence-electron chi connectivity index (χ4n) is 1.64. The molecule has 0 saturated heterocycles. The van der Waals surface area contributed by atoms with Crippen LogP contribution >= 0.6 is 7.60 Å². The molecule has 0 aliphatic rings. The summed E-state index contributed by atoms with van der Waals surface area (Å²) in [5.74, 6) is 0. The molecule has 1 rings (SSSR count). The van der Waals surface area contributed by atoms with Gasteiger partial charge in [-0.2, -0.15) is 0 Å². The van der Waals surface area contributed by atoms with Gasteiger partial charge in [0.1, 0.15) is 0 Å². The third kappa shape index (κ3) is 3.16. The third-order valence-electron chi connectivity index (χ3n) is 2.48. The van der Waals surface area contributed by atoms with Crippen LogP contribution in [0.4, 0.5) is 0 Å². The number of benzene rings is 1. The first kappa shape index (κ1) is 12.4. The van der Waals surface area contributed by atoms with Crippen molar-refractivity contribution in [2.75, 3.05) is 0 Å². The van der Waals surface area contributed by atoms with Crippen molar-refractivity contribution in [3.63, 3.8) is 0 Å². The number of rotatable bonds is 4. The molecule has 4 heteroatoms. The van der Waals surface area contributed by atoms with Gasteiger partial charge in [0.2, 0.25) is 0 Å². The molecule has 0 bridgehead atoms. The Morgan fingerprint density at radius 2 is 2.00 bits per heavy atom. The predicted octanol–water partition coefficient (Wildman–Crippen LogP) is 2.14. The minimum atomic E-state index is -4.12. The topological polar surface area (TPSA) is 57.5 Å². The highest BCUT2D eigenvalue weighted by molar-refractivity contribution is 7.60. The largest absolute Gasteiger partial charge is 0.356 e. The van der Waals surface area contributed by atoms with Crippen LogP contribution in [0.5, 0.6) is 0 Å². The Hall–Kier alpha value is -0.630. The van der Waals surface area contributed by atoms with E-state index in [0.717, 1.165) is 30.4 Å². The first-order valence-corrected chi connectivity index (χ1v) is 6.72. The van der Waals surface area contributed by atoms with E-state index in [1.807, 2.05) is 13.0 Å². The molecule has 0 aliphatic heterocycles. The van der Waals surface area contributed by atoms with Gasteiger partial charge in [-0.15, -0.1) is 0 Å². The lowest BCUT2D eigenvalue weighted by Crippen LogP contribution is -2.12. The molecule has 0 heterocycles. The normalized spacial score (nSPS) is 11.7. The minimum absolute atomic E-state index is 0.191. The Bertz CT molecular complexity index is 381. The van der Waals surface area contributed by atoms with Crippen LogP contribution in [0.25, 0.3) is 0 Å². The van der Waals surface area contributed by atoms with Crippen LogP contribution in [0.1, 0.15) is 30.9 Å². The SMILES string of the molecule is CCCCc1c(C)cccc1P(=O)(O)O. The van der Waals surface area contributed by atoms with E-state index in [4.69, 9.17) is 0 Å². The minimum Gasteiger partial charge on any atom is -0.321 e. The van der Waals surface area contributed by atoms with E-state index < -0.39 is 7.60 Å². The van der Waals surface area contributed by atoms with E-state index in [1.165, 1.54) is 6.07 Å². The van der Waals surface area contributed by atoms with E-state index in [0.29, 0.717) is 0 Å². The Balaban J connectivity index is 3.15. The molecule has 0 aliphatic carbocycles. The molecule has 0 unspecified atom stereocenters. The molecule has 0 spiro atoms. The van der Waals surface area contributed by atoms with Crippen molar-refractivity contribution in [1.29, 1.82) is 0 Å². The Labute approximate surface area is 90.3 Å². The fourth-order valence-corrected chi connectivity index (χ4v) is 2.56. The molecular weight excluding hydrogens is 211 g/mol. The first-order chi connectivity index (χ1) is 6.96. The summed E-state index contributed by atoms with van der Waals surface area (Å²) in [7, 11) is -4.12. The molecule has 1 aromatic carbocycles. The van der Waals surface area contributed by atoms with E-state index in [-0.39, 0.29) is 5.30 Å². The highest BCUT2D eigenvalue weighted by Crippen LogP contribution is 2.35. The van der Waals surface area contributed by atoms with E-state index in [2.05, 4.69) is 6.92 Å². The van der Waals surface area contributed by atoms with Gasteiger partial charge in [-0.1, -0.05) is 25.5 Å². The van der Waals surface area contributed by atoms with Gasteiger partial charge >= 0.3 is 7.60 Å². The molecule has 0 aromatic heterocycles. The number of aryl methyl sites for hydroxylation is 1. The molecule has 0 fully saturated rings. The van der Waals surface area contributed by atoms with Gasteiger partial charge in [0.05, 0.1) is 5.30 Å². The van der Waals surface area contributed by atoms with Crippen molar-refractivity contribution >= 4 is 12.9 Å². The van der Waals surface area contributed by atoms with Crippen LogP contribution in [0.2, 0.25) is 0 Å². The Morgan fingerprint density at radius 1 is 1.33 bits per heavy atom. The quantitative estimate of drug-likeness (QED) is 0.776. The molecule has 84 valence electrons. The molecule has 2 N–H and O–H groups in total. The van der Waals surface area contributed by atoms with E-state index in [1.54, 1.807) is 6.07 Å². The first-order valence-electron chi connectivity index (χ1n) is 5.11. The summed E-state index contributed by atoms with van der Waals surface area (Å²) < 4.78 is 11.3. The van der Waals surface area contributed by atoms with Gasteiger partial charge in [0.15, 0.2) is 0 Å². The highest BCUT2D eigenvalue weighted by atomic mass is 31.2. The predicted molar refractivity (Wildman–Crippen MR) is 61.5 cm³/mol. The zero-order valence-corrected chi connectivity index (χ0v) is 10.00. The van der Waals surface area contributed by atoms with Gasteiger partial charge in [-0.3, -0.25) is 4.57 Å². The van der Waals surface area contributed by atoms with Gasteiger partial charge in [-0.25, -0.2) is 0 Å². The molecule has 0 saturated carbocycles. The molecule has 0 atom stereocenters. The summed E-state index contributed by atoms with van der Waals surface area (Å²) in [5, 5.41) is 0.191. The standard InChI is InChI=1S/C11H17O3P/c1-3-4-7-10-9(2)6-5-8-11(10)15(12,13)14/h5-6,8H,3-4,7H2,1-2H3,(H2,12,13,14). The van der Waals surface area contributed by atoms with Crippen LogP contribution in [0, 0.1) is 6.92 Å². The maximum absolute atomic E-state index is 11.3. The average molecular weight is 228 g/mol. The molecule has 1 aromatic rings. The maximum Gasteiger partial charge on any atom is 0.356 e. The summed E-state index contributed by atoms with van der Waals surface area (Å²) in [6.45, 7) is 3.96. The van der Waals surface area contributed by atoms with Gasteiger partial charge < -0.3 is 9.79 Å². The van der Waals surface area contributed by atoms with Gasteiger partial charge in [0, 0.05) is 0 Å². The van der Waals surface area contributed by atoms with Gasteiger partial charge in [-0.05, 0) is 37.0 Å². The van der Waals surface area contributed by atoms with Crippen LogP contribution in [0.3, 0.4) is 0 Å². The number of hydrogen-bond donors (Lipinski definition) is 2. The number of hydrogen-bond acceptors (Lipinski definition) is 1. The summed E-state index contributed by atoms with van der Waals surface area (Å²) in [6.07, 6.45) is 2.72. The lowest BCUT2D eigenvalue weighted by Gasteiger charge is -2.13. The molecule has 0 amide bonds. The summed E-state index contributed by atoms with van der Waals surface area (Å²) in [5.41, 5.74) is 1.77. The zero-order valence-electron chi connectivity index (χ0n) is 9.10. The van der Waals surface area contributed by atoms with Crippen molar-refractivity contribution < 1.29 is 14.4 Å². The second-order valence-electron chi connectivity index (χ2n) is 3.72. The second-order valence-corrected chi connectivity index (χ2v) is 5.29. The van der Waals surface area contributed by atoms with Crippen molar-refractivity contribution in [2.24, 2.45) is 0 Å². The van der Waals surface area contributed by atoms with Crippen molar-refractivity contribution in [1.82, 2.24) is 0 Å². The van der Waals surface area contributed by atoms with Gasteiger partial charge in [0.25, 0.3) is 0 Å². The van der Waals surface area contributed by atoms with E-state index in [9.17, 15) is 14.4 Å². The monoisotopic (exact) mass is 228 g/mol. The average Bonchev–Trinajstić information content (AvgIpc) is 2.14. The summed E-state index contributed by atoms with van der Waals surface area (Å²) >= 11 is 0. The fraction of sp³-hybridized carbons (Fsp3) is 0.455. The lowest BCUT2D eigenvalue weighted by molar-refractivity contribution is 0.387. The Morgan fingerprint density at radius 3 is 2.53 bits per heavy atom. The Kier molecular flexibility index (Phi) is 4.09. The maximum atomic E-state index is 11.3. The molecule has 15 heavy (non-hydrogen) atoms. The van der Waals surface area contributed by atoms with Crippen molar-refractivity contribution in [3.05, 3.63) is 29.3 Å². The van der Waals surface area contributed by atoms with Crippen LogP contribution in [-0.4, -0.2) is 9.79 Å².